The standard InChI is InChI=1S/C26H24N2O4/c1-31-22-11-16(7-10-21(22)32-14-15-5-3-2-4-6-15)13-27-28-25(29)23-17-8-9-18(20-12-19(17)20)24(23)26(28)30/h2-11,13,17-20,23-24H,12,14H2,1H3/b27-13-/t17-,18-,19-,20-,23+,24+/m0/s1. The molecular weight excluding hydrogens is 404 g/mol. The molecule has 1 saturated heterocycles. The highest BCUT2D eigenvalue weighted by atomic mass is 16.5. The summed E-state index contributed by atoms with van der Waals surface area (Å²) in [6, 6.07) is 15.4. The SMILES string of the molecule is COc1cc(/C=N\N2C(=O)[C@@H]3[C@H]4C=C[C@@H]([C@@H]5C[C@@H]45)[C@H]3C2=O)ccc1OCc1ccccc1. The van der Waals surface area contributed by atoms with Gasteiger partial charge in [-0.05, 0) is 59.4 Å². The number of ether oxygens (including phenoxy) is 2. The van der Waals surface area contributed by atoms with Crippen molar-refractivity contribution in [1.82, 2.24) is 5.01 Å². The van der Waals surface area contributed by atoms with E-state index >= 15 is 0 Å². The van der Waals surface area contributed by atoms with Crippen LogP contribution in [-0.2, 0) is 16.2 Å². The number of nitrogens with zero attached hydrogens (tertiary/aromatic N) is 2. The molecular formula is C26H24N2O4. The number of carbonyl (C=O) groups is 2. The Morgan fingerprint density at radius 1 is 0.969 bits per heavy atom. The molecule has 6 heteroatoms. The molecule has 0 aromatic heterocycles. The van der Waals surface area contributed by atoms with Crippen molar-refractivity contribution in [3.8, 4) is 11.5 Å². The van der Waals surface area contributed by atoms with Crippen molar-refractivity contribution in [2.45, 2.75) is 13.0 Å². The Morgan fingerprint density at radius 2 is 1.66 bits per heavy atom. The Hall–Kier alpha value is -3.41. The van der Waals surface area contributed by atoms with E-state index in [9.17, 15) is 9.59 Å². The van der Waals surface area contributed by atoms with Gasteiger partial charge in [0.05, 0.1) is 25.2 Å². The molecule has 6 nitrogen and oxygen atoms in total. The highest BCUT2D eigenvalue weighted by Gasteiger charge is 2.67. The Morgan fingerprint density at radius 3 is 2.31 bits per heavy atom. The van der Waals surface area contributed by atoms with E-state index in [1.165, 1.54) is 0 Å². The number of rotatable bonds is 6. The highest BCUT2D eigenvalue weighted by molar-refractivity contribution is 6.06. The van der Waals surface area contributed by atoms with Crippen LogP contribution in [0.1, 0.15) is 17.5 Å². The lowest BCUT2D eigenvalue weighted by Gasteiger charge is -2.37. The van der Waals surface area contributed by atoms with Crippen LogP contribution in [0.3, 0.4) is 0 Å². The second-order valence-corrected chi connectivity index (χ2v) is 9.07. The van der Waals surface area contributed by atoms with Gasteiger partial charge < -0.3 is 9.47 Å². The first-order valence-corrected chi connectivity index (χ1v) is 11.1. The third-order valence-electron chi connectivity index (χ3n) is 7.39. The summed E-state index contributed by atoms with van der Waals surface area (Å²) in [5, 5.41) is 5.40. The van der Waals surface area contributed by atoms with Crippen LogP contribution < -0.4 is 9.47 Å². The molecule has 0 spiro atoms. The van der Waals surface area contributed by atoms with Crippen molar-refractivity contribution >= 4 is 18.0 Å². The van der Waals surface area contributed by atoms with Gasteiger partial charge in [-0.2, -0.15) is 10.1 Å². The van der Waals surface area contributed by atoms with Crippen molar-refractivity contribution in [3.05, 3.63) is 71.8 Å². The van der Waals surface area contributed by atoms with Crippen LogP contribution in [0.15, 0.2) is 65.8 Å². The molecule has 2 bridgehead atoms. The van der Waals surface area contributed by atoms with Crippen LogP contribution >= 0.6 is 0 Å². The molecule has 32 heavy (non-hydrogen) atoms. The first-order valence-electron chi connectivity index (χ1n) is 11.1. The number of amides is 2. The van der Waals surface area contributed by atoms with Crippen LogP contribution in [0.2, 0.25) is 0 Å². The smallest absolute Gasteiger partial charge is 0.254 e. The minimum Gasteiger partial charge on any atom is -0.493 e. The minimum absolute atomic E-state index is 0.157. The monoisotopic (exact) mass is 428 g/mol. The van der Waals surface area contributed by atoms with Gasteiger partial charge in [0, 0.05) is 0 Å². The molecule has 4 aliphatic carbocycles. The molecule has 1 aliphatic heterocycles. The van der Waals surface area contributed by atoms with Crippen molar-refractivity contribution in [3.63, 3.8) is 0 Å². The van der Waals surface area contributed by atoms with E-state index in [1.807, 2.05) is 42.5 Å². The fourth-order valence-corrected chi connectivity index (χ4v) is 5.80. The van der Waals surface area contributed by atoms with Gasteiger partial charge in [0.1, 0.15) is 6.61 Å². The molecule has 5 aliphatic rings. The lowest BCUT2D eigenvalue weighted by Crippen LogP contribution is -2.40. The zero-order valence-corrected chi connectivity index (χ0v) is 17.8. The topological polar surface area (TPSA) is 68.2 Å². The average Bonchev–Trinajstić information content (AvgIpc) is 3.61. The van der Waals surface area contributed by atoms with E-state index in [2.05, 4.69) is 17.3 Å². The van der Waals surface area contributed by atoms with Gasteiger partial charge in [0.25, 0.3) is 11.8 Å². The van der Waals surface area contributed by atoms with Gasteiger partial charge in [-0.15, -0.1) is 0 Å². The van der Waals surface area contributed by atoms with E-state index in [0.29, 0.717) is 29.9 Å². The van der Waals surface area contributed by atoms with Crippen LogP contribution in [0.25, 0.3) is 0 Å². The van der Waals surface area contributed by atoms with Gasteiger partial charge in [-0.1, -0.05) is 42.5 Å². The molecule has 0 radical (unpaired) electrons. The summed E-state index contributed by atoms with van der Waals surface area (Å²) >= 11 is 0. The maximum Gasteiger partial charge on any atom is 0.254 e. The molecule has 3 fully saturated rings. The van der Waals surface area contributed by atoms with E-state index in [0.717, 1.165) is 22.6 Å². The summed E-state index contributed by atoms with van der Waals surface area (Å²) in [6.07, 6.45) is 7.03. The fraction of sp³-hybridized carbons (Fsp3) is 0.346. The zero-order chi connectivity index (χ0) is 21.8. The van der Waals surface area contributed by atoms with Crippen LogP contribution in [-0.4, -0.2) is 30.1 Å². The van der Waals surface area contributed by atoms with Gasteiger partial charge in [0.2, 0.25) is 0 Å². The summed E-state index contributed by atoms with van der Waals surface area (Å²) in [6.45, 7) is 0.433. The third-order valence-corrected chi connectivity index (χ3v) is 7.39. The summed E-state index contributed by atoms with van der Waals surface area (Å²) < 4.78 is 11.4. The van der Waals surface area contributed by atoms with E-state index < -0.39 is 0 Å². The second-order valence-electron chi connectivity index (χ2n) is 9.07. The Kier molecular flexibility index (Phi) is 4.42. The zero-order valence-electron chi connectivity index (χ0n) is 17.8. The van der Waals surface area contributed by atoms with Gasteiger partial charge in [-0.3, -0.25) is 9.59 Å². The molecule has 6 atom stereocenters. The summed E-state index contributed by atoms with van der Waals surface area (Å²) in [5.41, 5.74) is 1.79. The molecule has 0 unspecified atom stereocenters. The number of carbonyl (C=O) groups excluding carboxylic acids is 2. The molecule has 7 rings (SSSR count). The number of hydrogen-bond acceptors (Lipinski definition) is 5. The second kappa shape index (κ2) is 7.33. The average molecular weight is 428 g/mol. The van der Waals surface area contributed by atoms with Crippen molar-refractivity contribution < 1.29 is 19.1 Å². The predicted octanol–water partition coefficient (Wildman–Crippen LogP) is 3.66. The fourth-order valence-electron chi connectivity index (χ4n) is 5.80. The predicted molar refractivity (Wildman–Crippen MR) is 118 cm³/mol. The Balaban J connectivity index is 1.18. The van der Waals surface area contributed by atoms with Crippen LogP contribution in [0, 0.1) is 35.5 Å². The van der Waals surface area contributed by atoms with Crippen molar-refractivity contribution in [2.24, 2.45) is 40.6 Å². The summed E-state index contributed by atoms with van der Waals surface area (Å²) in [7, 11) is 1.58. The Labute approximate surface area is 186 Å². The third kappa shape index (κ3) is 2.97. The number of imide groups is 1. The first-order chi connectivity index (χ1) is 15.7. The Bertz CT molecular complexity index is 1110. The van der Waals surface area contributed by atoms with Gasteiger partial charge in [0.15, 0.2) is 11.5 Å². The van der Waals surface area contributed by atoms with Crippen LogP contribution in [0.5, 0.6) is 11.5 Å². The molecule has 1 heterocycles. The molecule has 2 saturated carbocycles. The lowest BCUT2D eigenvalue weighted by molar-refractivity contribution is -0.140. The highest BCUT2D eigenvalue weighted by Crippen LogP contribution is 2.65. The molecule has 2 amide bonds. The summed E-state index contributed by atoms with van der Waals surface area (Å²) in [4.78, 5) is 26.1. The van der Waals surface area contributed by atoms with Gasteiger partial charge in [-0.25, -0.2) is 0 Å². The number of allylic oxidation sites excluding steroid dienone is 2. The minimum atomic E-state index is -0.235. The normalized spacial score (nSPS) is 31.7. The first kappa shape index (κ1) is 19.3. The molecule has 0 N–H and O–H groups in total. The van der Waals surface area contributed by atoms with Crippen molar-refractivity contribution in [1.29, 1.82) is 0 Å². The lowest BCUT2D eigenvalue weighted by atomic mass is 9.63. The number of benzene rings is 2. The largest absolute Gasteiger partial charge is 0.493 e. The van der Waals surface area contributed by atoms with Crippen molar-refractivity contribution in [2.75, 3.05) is 7.11 Å². The van der Waals surface area contributed by atoms with Crippen LogP contribution in [0.4, 0.5) is 0 Å². The maximum atomic E-state index is 13.0. The number of methoxy groups -OCH3 is 1. The molecule has 162 valence electrons. The van der Waals surface area contributed by atoms with E-state index in [4.69, 9.17) is 9.47 Å². The number of hydrogen-bond donors (Lipinski definition) is 0. The summed E-state index contributed by atoms with van der Waals surface area (Å²) in [5.74, 6) is 1.98. The number of hydrazone groups is 1. The van der Waals surface area contributed by atoms with E-state index in [1.54, 1.807) is 19.4 Å². The maximum absolute atomic E-state index is 13.0. The van der Waals surface area contributed by atoms with Gasteiger partial charge >= 0.3 is 0 Å². The molecule has 2 aromatic rings. The molecule has 2 aromatic carbocycles. The quantitative estimate of drug-likeness (QED) is 0.400. The van der Waals surface area contributed by atoms with E-state index in [-0.39, 0.29) is 35.5 Å².